The van der Waals surface area contributed by atoms with Gasteiger partial charge in [0.25, 0.3) is 0 Å². The first-order valence-corrected chi connectivity index (χ1v) is 10.9. The van der Waals surface area contributed by atoms with Crippen LogP contribution in [0.2, 0.25) is 0 Å². The summed E-state index contributed by atoms with van der Waals surface area (Å²) in [5.74, 6) is 0.0974. The van der Waals surface area contributed by atoms with Gasteiger partial charge in [-0.1, -0.05) is 38.5 Å². The number of hydrogen-bond donors (Lipinski definition) is 1. The predicted octanol–water partition coefficient (Wildman–Crippen LogP) is 3.34. The van der Waals surface area contributed by atoms with Crippen molar-refractivity contribution in [3.8, 4) is 0 Å². The lowest BCUT2D eigenvalue weighted by molar-refractivity contribution is -0.120. The van der Waals surface area contributed by atoms with Gasteiger partial charge in [-0.2, -0.15) is 0 Å². The minimum absolute atomic E-state index is 0.00889. The zero-order valence-corrected chi connectivity index (χ0v) is 16.4. The molecule has 1 N–H and O–H groups in total. The van der Waals surface area contributed by atoms with E-state index >= 15 is 0 Å². The van der Waals surface area contributed by atoms with Crippen LogP contribution in [0, 0.1) is 12.8 Å². The first-order valence-electron chi connectivity index (χ1n) is 9.26. The molecule has 5 nitrogen and oxygen atoms in total. The molecule has 0 bridgehead atoms. The van der Waals surface area contributed by atoms with Crippen molar-refractivity contribution in [2.75, 3.05) is 24.2 Å². The van der Waals surface area contributed by atoms with Crippen LogP contribution in [0.15, 0.2) is 18.2 Å². The van der Waals surface area contributed by atoms with Gasteiger partial charge in [-0.05, 0) is 43.7 Å². The smallest absolute Gasteiger partial charge is 0.227 e. The van der Waals surface area contributed by atoms with E-state index in [1.54, 1.807) is 4.31 Å². The van der Waals surface area contributed by atoms with Crippen molar-refractivity contribution in [2.24, 2.45) is 5.92 Å². The van der Waals surface area contributed by atoms with E-state index in [2.05, 4.69) is 12.2 Å². The summed E-state index contributed by atoms with van der Waals surface area (Å²) in [6.45, 7) is 6.95. The minimum atomic E-state index is -3.17. The molecule has 0 unspecified atom stereocenters. The summed E-state index contributed by atoms with van der Waals surface area (Å²) in [4.78, 5) is 12.6. The Morgan fingerprint density at radius 1 is 1.24 bits per heavy atom. The molecule has 0 saturated carbocycles. The maximum Gasteiger partial charge on any atom is 0.227 e. The molecule has 0 aliphatic carbocycles. The SMILES string of the molecule is CCCCS(=O)(=O)N1CCC(C(=O)Nc2c(C)cccc2CC)CC1. The number of unbranched alkanes of at least 4 members (excludes halogenated alkanes) is 1. The summed E-state index contributed by atoms with van der Waals surface area (Å²) in [5.41, 5.74) is 3.10. The minimum Gasteiger partial charge on any atom is -0.325 e. The van der Waals surface area contributed by atoms with Crippen LogP contribution in [-0.2, 0) is 21.2 Å². The zero-order valence-electron chi connectivity index (χ0n) is 15.5. The Labute approximate surface area is 151 Å². The van der Waals surface area contributed by atoms with Crippen LogP contribution in [0.25, 0.3) is 0 Å². The van der Waals surface area contributed by atoms with Gasteiger partial charge in [0.2, 0.25) is 15.9 Å². The molecule has 0 spiro atoms. The standard InChI is InChI=1S/C19H30N2O3S/c1-4-6-14-25(23,24)21-12-10-17(11-13-21)19(22)20-18-15(3)8-7-9-16(18)5-2/h7-9,17H,4-6,10-14H2,1-3H3,(H,20,22). The highest BCUT2D eigenvalue weighted by Gasteiger charge is 2.31. The van der Waals surface area contributed by atoms with Gasteiger partial charge in [0, 0.05) is 24.7 Å². The van der Waals surface area contributed by atoms with Crippen LogP contribution in [0.5, 0.6) is 0 Å². The summed E-state index contributed by atoms with van der Waals surface area (Å²) in [6.07, 6.45) is 3.60. The van der Waals surface area contributed by atoms with E-state index in [0.29, 0.717) is 32.4 Å². The number of hydrogen-bond acceptors (Lipinski definition) is 3. The number of sulfonamides is 1. The molecule has 140 valence electrons. The lowest BCUT2D eigenvalue weighted by atomic mass is 9.96. The number of para-hydroxylation sites is 1. The van der Waals surface area contributed by atoms with Crippen molar-refractivity contribution >= 4 is 21.6 Å². The highest BCUT2D eigenvalue weighted by molar-refractivity contribution is 7.89. The molecule has 1 aliphatic rings. The number of benzene rings is 1. The molecule has 1 heterocycles. The summed E-state index contributed by atoms with van der Waals surface area (Å²) >= 11 is 0. The van der Waals surface area contributed by atoms with Crippen molar-refractivity contribution in [3.63, 3.8) is 0 Å². The summed E-state index contributed by atoms with van der Waals surface area (Å²) < 4.78 is 26.1. The largest absolute Gasteiger partial charge is 0.325 e. The molecule has 0 aromatic heterocycles. The third kappa shape index (κ3) is 5.05. The Bertz CT molecular complexity index is 693. The fraction of sp³-hybridized carbons (Fsp3) is 0.632. The number of rotatable bonds is 7. The van der Waals surface area contributed by atoms with E-state index in [-0.39, 0.29) is 17.6 Å². The van der Waals surface area contributed by atoms with Crippen LogP contribution in [0.1, 0.15) is 50.7 Å². The van der Waals surface area contributed by atoms with Crippen LogP contribution in [0.4, 0.5) is 5.69 Å². The van der Waals surface area contributed by atoms with Gasteiger partial charge in [-0.25, -0.2) is 12.7 Å². The van der Waals surface area contributed by atoms with Crippen molar-refractivity contribution < 1.29 is 13.2 Å². The molecule has 25 heavy (non-hydrogen) atoms. The summed E-state index contributed by atoms with van der Waals surface area (Å²) in [5, 5.41) is 3.08. The number of aryl methyl sites for hydroxylation is 2. The normalized spacial score (nSPS) is 16.8. The number of nitrogens with zero attached hydrogens (tertiary/aromatic N) is 1. The fourth-order valence-electron chi connectivity index (χ4n) is 3.28. The third-order valence-corrected chi connectivity index (χ3v) is 6.92. The topological polar surface area (TPSA) is 66.5 Å². The van der Waals surface area contributed by atoms with Crippen LogP contribution in [-0.4, -0.2) is 37.5 Å². The van der Waals surface area contributed by atoms with Gasteiger partial charge < -0.3 is 5.32 Å². The van der Waals surface area contributed by atoms with Gasteiger partial charge in [-0.3, -0.25) is 4.79 Å². The molecule has 0 radical (unpaired) electrons. The van der Waals surface area contributed by atoms with Crippen molar-refractivity contribution in [3.05, 3.63) is 29.3 Å². The van der Waals surface area contributed by atoms with Crippen LogP contribution in [0.3, 0.4) is 0 Å². The van der Waals surface area contributed by atoms with Crippen LogP contribution < -0.4 is 5.32 Å². The first kappa shape index (κ1) is 19.9. The van der Waals surface area contributed by atoms with Crippen molar-refractivity contribution in [1.82, 2.24) is 4.31 Å². The summed E-state index contributed by atoms with van der Waals surface area (Å²) in [7, 11) is -3.17. The second-order valence-electron chi connectivity index (χ2n) is 6.79. The molecule has 1 aromatic carbocycles. The van der Waals surface area contributed by atoms with Crippen molar-refractivity contribution in [1.29, 1.82) is 0 Å². The first-order chi connectivity index (χ1) is 11.9. The molecule has 6 heteroatoms. The van der Waals surface area contributed by atoms with Crippen LogP contribution >= 0.6 is 0 Å². The average molecular weight is 367 g/mol. The van der Waals surface area contributed by atoms with E-state index in [4.69, 9.17) is 0 Å². The monoisotopic (exact) mass is 366 g/mol. The zero-order chi connectivity index (χ0) is 18.4. The van der Waals surface area contributed by atoms with E-state index in [0.717, 1.165) is 29.7 Å². The maximum absolute atomic E-state index is 12.6. The number of piperidine rings is 1. The third-order valence-electron chi connectivity index (χ3n) is 4.96. The highest BCUT2D eigenvalue weighted by Crippen LogP contribution is 2.25. The molecule has 1 fully saturated rings. The second kappa shape index (κ2) is 8.81. The average Bonchev–Trinajstić information content (AvgIpc) is 2.61. The van der Waals surface area contributed by atoms with E-state index in [1.165, 1.54) is 0 Å². The number of amides is 1. The van der Waals surface area contributed by atoms with E-state index in [9.17, 15) is 13.2 Å². The second-order valence-corrected chi connectivity index (χ2v) is 8.88. The Balaban J connectivity index is 1.96. The van der Waals surface area contributed by atoms with Crippen molar-refractivity contribution in [2.45, 2.75) is 52.9 Å². The van der Waals surface area contributed by atoms with E-state index < -0.39 is 10.0 Å². The lowest BCUT2D eigenvalue weighted by Gasteiger charge is -2.30. The van der Waals surface area contributed by atoms with Gasteiger partial charge >= 0.3 is 0 Å². The summed E-state index contributed by atoms with van der Waals surface area (Å²) in [6, 6.07) is 6.03. The fourth-order valence-corrected chi connectivity index (χ4v) is 4.96. The lowest BCUT2D eigenvalue weighted by Crippen LogP contribution is -2.42. The predicted molar refractivity (Wildman–Crippen MR) is 102 cm³/mol. The number of carbonyl (C=O) groups excluding carboxylic acids is 1. The quantitative estimate of drug-likeness (QED) is 0.805. The van der Waals surface area contributed by atoms with Gasteiger partial charge in [0.1, 0.15) is 0 Å². The number of anilines is 1. The Hall–Kier alpha value is -1.40. The number of carbonyl (C=O) groups is 1. The Morgan fingerprint density at radius 3 is 2.52 bits per heavy atom. The molecule has 1 saturated heterocycles. The van der Waals surface area contributed by atoms with Gasteiger partial charge in [-0.15, -0.1) is 0 Å². The van der Waals surface area contributed by atoms with Gasteiger partial charge in [0.05, 0.1) is 5.75 Å². The molecule has 1 aromatic rings. The molecule has 1 amide bonds. The molecule has 2 rings (SSSR count). The Morgan fingerprint density at radius 2 is 1.92 bits per heavy atom. The molecular formula is C19H30N2O3S. The Kier molecular flexibility index (Phi) is 7.02. The van der Waals surface area contributed by atoms with Gasteiger partial charge in [0.15, 0.2) is 0 Å². The molecular weight excluding hydrogens is 336 g/mol. The maximum atomic E-state index is 12.6. The van der Waals surface area contributed by atoms with E-state index in [1.807, 2.05) is 32.0 Å². The molecule has 1 aliphatic heterocycles. The highest BCUT2D eigenvalue weighted by atomic mass is 32.2. The molecule has 0 atom stereocenters. The number of nitrogens with one attached hydrogen (secondary N) is 1.